The van der Waals surface area contributed by atoms with Crippen LogP contribution in [0.3, 0.4) is 0 Å². The molecule has 0 amide bonds. The number of rotatable bonds is 4. The number of ether oxygens (including phenoxy) is 1. The van der Waals surface area contributed by atoms with Gasteiger partial charge in [0.15, 0.2) is 0 Å². The van der Waals surface area contributed by atoms with Gasteiger partial charge < -0.3 is 4.74 Å². The van der Waals surface area contributed by atoms with Gasteiger partial charge in [-0.1, -0.05) is 5.92 Å². The zero-order chi connectivity index (χ0) is 12.2. The molecule has 5 nitrogen and oxygen atoms in total. The monoisotopic (exact) mass is 259 g/mol. The summed E-state index contributed by atoms with van der Waals surface area (Å²) in [5.74, 6) is 1.46. The number of nitrogens with one attached hydrogen (secondary N) is 1. The number of carbonyl (C=O) groups excluding carboxylic acids is 1. The molecule has 0 unspecified atom stereocenters. The average molecular weight is 259 g/mol. The van der Waals surface area contributed by atoms with Crippen LogP contribution in [0.1, 0.15) is 9.67 Å². The zero-order valence-electron chi connectivity index (χ0n) is 8.39. The Bertz CT molecular complexity index is 524. The number of esters is 1. The average Bonchev–Trinajstić information content (AvgIpc) is 2.75. The molecule has 0 aliphatic rings. The van der Waals surface area contributed by atoms with Gasteiger partial charge in [-0.05, 0) is 11.4 Å². The third-order valence-corrected chi connectivity index (χ3v) is 4.12. The van der Waals surface area contributed by atoms with Gasteiger partial charge in [0.2, 0.25) is 10.0 Å². The van der Waals surface area contributed by atoms with Gasteiger partial charge in [-0.3, -0.25) is 0 Å². The molecule has 0 saturated carbocycles. The van der Waals surface area contributed by atoms with Gasteiger partial charge in [0.1, 0.15) is 9.77 Å². The Hall–Kier alpha value is -1.36. The van der Waals surface area contributed by atoms with E-state index in [0.717, 1.165) is 11.3 Å². The zero-order valence-corrected chi connectivity index (χ0v) is 10.0. The lowest BCUT2D eigenvalue weighted by Gasteiger charge is -2.03. The standard InChI is InChI=1S/C9H9NO4S2/c1-3-5-10-16(12,13)7-4-6-15-8(7)9(11)14-2/h1,4,6,10H,5H2,2H3. The minimum absolute atomic E-state index is 0.0343. The molecular weight excluding hydrogens is 250 g/mol. The molecule has 0 bridgehead atoms. The van der Waals surface area contributed by atoms with E-state index in [1.54, 1.807) is 0 Å². The molecule has 16 heavy (non-hydrogen) atoms. The quantitative estimate of drug-likeness (QED) is 0.629. The third-order valence-electron chi connectivity index (χ3n) is 1.65. The van der Waals surface area contributed by atoms with Crippen molar-refractivity contribution in [3.63, 3.8) is 0 Å². The summed E-state index contributed by atoms with van der Waals surface area (Å²) in [4.78, 5) is 11.2. The van der Waals surface area contributed by atoms with Crippen LogP contribution < -0.4 is 4.72 Å². The first-order valence-electron chi connectivity index (χ1n) is 4.12. The Morgan fingerprint density at radius 1 is 1.69 bits per heavy atom. The molecule has 7 heteroatoms. The van der Waals surface area contributed by atoms with Crippen molar-refractivity contribution in [1.29, 1.82) is 0 Å². The van der Waals surface area contributed by atoms with Crippen LogP contribution in [0.5, 0.6) is 0 Å². The maximum atomic E-state index is 11.7. The van der Waals surface area contributed by atoms with Gasteiger partial charge in [-0.15, -0.1) is 17.8 Å². The van der Waals surface area contributed by atoms with Crippen LogP contribution >= 0.6 is 11.3 Å². The van der Waals surface area contributed by atoms with Crippen LogP contribution in [-0.4, -0.2) is 28.0 Å². The molecular formula is C9H9NO4S2. The van der Waals surface area contributed by atoms with Crippen LogP contribution in [0.2, 0.25) is 0 Å². The Morgan fingerprint density at radius 2 is 2.38 bits per heavy atom. The molecule has 0 aliphatic carbocycles. The second kappa shape index (κ2) is 5.12. The lowest BCUT2D eigenvalue weighted by molar-refractivity contribution is 0.0602. The van der Waals surface area contributed by atoms with Crippen LogP contribution in [0, 0.1) is 12.3 Å². The third kappa shape index (κ3) is 2.61. The van der Waals surface area contributed by atoms with E-state index in [-0.39, 0.29) is 16.3 Å². The van der Waals surface area contributed by atoms with Crippen LogP contribution in [0.25, 0.3) is 0 Å². The molecule has 1 aromatic rings. The van der Waals surface area contributed by atoms with E-state index in [1.165, 1.54) is 18.6 Å². The van der Waals surface area contributed by atoms with Crippen molar-refractivity contribution in [3.05, 3.63) is 16.3 Å². The fourth-order valence-corrected chi connectivity index (χ4v) is 3.23. The van der Waals surface area contributed by atoms with Gasteiger partial charge in [0, 0.05) is 0 Å². The van der Waals surface area contributed by atoms with Crippen LogP contribution in [0.4, 0.5) is 0 Å². The topological polar surface area (TPSA) is 72.5 Å². The molecule has 1 aromatic heterocycles. The summed E-state index contributed by atoms with van der Waals surface area (Å²) in [7, 11) is -2.56. The fourth-order valence-electron chi connectivity index (χ4n) is 0.965. The van der Waals surface area contributed by atoms with Crippen molar-refractivity contribution in [1.82, 2.24) is 4.72 Å². The van der Waals surface area contributed by atoms with Crippen LogP contribution in [-0.2, 0) is 14.8 Å². The predicted octanol–water partition coefficient (Wildman–Crippen LogP) is 0.446. The number of thiophene rings is 1. The van der Waals surface area contributed by atoms with Gasteiger partial charge in [0.25, 0.3) is 0 Å². The summed E-state index contributed by atoms with van der Waals surface area (Å²) in [6.45, 7) is -0.126. The molecule has 0 saturated heterocycles. The summed E-state index contributed by atoms with van der Waals surface area (Å²) < 4.78 is 30.0. The second-order valence-electron chi connectivity index (χ2n) is 2.63. The fraction of sp³-hybridized carbons (Fsp3) is 0.222. The van der Waals surface area contributed by atoms with Crippen molar-refractivity contribution in [2.24, 2.45) is 0 Å². The van der Waals surface area contributed by atoms with Crippen molar-refractivity contribution >= 4 is 27.3 Å². The normalized spacial score (nSPS) is 10.8. The highest BCUT2D eigenvalue weighted by atomic mass is 32.2. The first-order chi connectivity index (χ1) is 7.53. The molecule has 86 valence electrons. The molecule has 1 N–H and O–H groups in total. The summed E-state index contributed by atoms with van der Waals surface area (Å²) >= 11 is 0.997. The Kier molecular flexibility index (Phi) is 4.06. The minimum atomic E-state index is -3.75. The molecule has 1 rings (SSSR count). The Labute approximate surface area is 97.5 Å². The number of carbonyl (C=O) groups is 1. The summed E-state index contributed by atoms with van der Waals surface area (Å²) in [6.07, 6.45) is 4.95. The Balaban J connectivity index is 3.10. The van der Waals surface area contributed by atoms with E-state index in [4.69, 9.17) is 6.42 Å². The lowest BCUT2D eigenvalue weighted by atomic mass is 10.5. The Morgan fingerprint density at radius 3 is 2.94 bits per heavy atom. The first kappa shape index (κ1) is 12.7. The number of methoxy groups -OCH3 is 1. The van der Waals surface area contributed by atoms with Gasteiger partial charge in [-0.2, -0.15) is 4.72 Å². The van der Waals surface area contributed by atoms with Crippen molar-refractivity contribution in [2.75, 3.05) is 13.7 Å². The predicted molar refractivity (Wildman–Crippen MR) is 59.7 cm³/mol. The maximum Gasteiger partial charge on any atom is 0.349 e. The highest BCUT2D eigenvalue weighted by Crippen LogP contribution is 2.22. The summed E-state index contributed by atoms with van der Waals surface area (Å²) in [5, 5.41) is 1.50. The second-order valence-corrected chi connectivity index (χ2v) is 5.29. The van der Waals surface area contributed by atoms with Crippen LogP contribution in [0.15, 0.2) is 16.3 Å². The van der Waals surface area contributed by atoms with Gasteiger partial charge in [0.05, 0.1) is 13.7 Å². The molecule has 0 spiro atoms. The lowest BCUT2D eigenvalue weighted by Crippen LogP contribution is -2.25. The summed E-state index contributed by atoms with van der Waals surface area (Å²) in [6, 6.07) is 1.33. The van der Waals surface area contributed by atoms with Crippen molar-refractivity contribution in [2.45, 2.75) is 4.90 Å². The smallest absolute Gasteiger partial charge is 0.349 e. The van der Waals surface area contributed by atoms with Gasteiger partial charge in [-0.25, -0.2) is 13.2 Å². The van der Waals surface area contributed by atoms with E-state index >= 15 is 0 Å². The minimum Gasteiger partial charge on any atom is -0.465 e. The number of sulfonamides is 1. The molecule has 0 radical (unpaired) electrons. The number of hydrogen-bond acceptors (Lipinski definition) is 5. The summed E-state index contributed by atoms with van der Waals surface area (Å²) in [5.41, 5.74) is 0. The highest BCUT2D eigenvalue weighted by Gasteiger charge is 2.23. The molecule has 0 aliphatic heterocycles. The molecule has 0 aromatic carbocycles. The highest BCUT2D eigenvalue weighted by molar-refractivity contribution is 7.89. The number of terminal acetylenes is 1. The molecule has 0 fully saturated rings. The van der Waals surface area contributed by atoms with E-state index in [9.17, 15) is 13.2 Å². The van der Waals surface area contributed by atoms with E-state index < -0.39 is 16.0 Å². The van der Waals surface area contributed by atoms with Crippen molar-refractivity contribution < 1.29 is 17.9 Å². The largest absolute Gasteiger partial charge is 0.465 e. The van der Waals surface area contributed by atoms with Crippen molar-refractivity contribution in [3.8, 4) is 12.3 Å². The maximum absolute atomic E-state index is 11.7. The van der Waals surface area contributed by atoms with Gasteiger partial charge >= 0.3 is 5.97 Å². The van der Waals surface area contributed by atoms with E-state index in [2.05, 4.69) is 15.4 Å². The number of hydrogen-bond donors (Lipinski definition) is 1. The van der Waals surface area contributed by atoms with E-state index in [0.29, 0.717) is 0 Å². The molecule has 1 heterocycles. The SMILES string of the molecule is C#CCNS(=O)(=O)c1ccsc1C(=O)OC. The first-order valence-corrected chi connectivity index (χ1v) is 6.48. The molecule has 0 atom stereocenters. The van der Waals surface area contributed by atoms with E-state index in [1.807, 2.05) is 0 Å².